The Hall–Kier alpha value is -1.59. The fraction of sp³-hybridized carbons (Fsp3) is 0.625. The van der Waals surface area contributed by atoms with Gasteiger partial charge in [0.25, 0.3) is 5.91 Å². The predicted molar refractivity (Wildman–Crippen MR) is 46.5 cm³/mol. The van der Waals surface area contributed by atoms with Crippen LogP contribution in [0.5, 0.6) is 0 Å². The van der Waals surface area contributed by atoms with Crippen molar-refractivity contribution in [3.8, 4) is 0 Å². The van der Waals surface area contributed by atoms with Gasteiger partial charge in [-0.05, 0) is 20.8 Å². The normalized spacial score (nSPS) is 19.5. The SMILES string of the molecule is CCOC(=O)N1C(=O)NC(=O)C1(C)C. The minimum atomic E-state index is -1.18. The summed E-state index contributed by atoms with van der Waals surface area (Å²) in [5, 5.41) is 2.04. The number of nitrogens with zero attached hydrogens (tertiary/aromatic N) is 1. The molecule has 0 aliphatic carbocycles. The van der Waals surface area contributed by atoms with Crippen LogP contribution in [0.4, 0.5) is 9.59 Å². The number of ether oxygens (including phenoxy) is 1. The molecule has 1 aliphatic heterocycles. The number of imide groups is 2. The largest absolute Gasteiger partial charge is 0.449 e. The monoisotopic (exact) mass is 200 g/mol. The Balaban J connectivity index is 2.92. The van der Waals surface area contributed by atoms with Crippen molar-refractivity contribution in [1.29, 1.82) is 0 Å². The van der Waals surface area contributed by atoms with E-state index >= 15 is 0 Å². The smallest absolute Gasteiger partial charge is 0.418 e. The lowest BCUT2D eigenvalue weighted by Crippen LogP contribution is -2.47. The van der Waals surface area contributed by atoms with Gasteiger partial charge in [-0.15, -0.1) is 0 Å². The quantitative estimate of drug-likeness (QED) is 0.624. The molecule has 0 aromatic carbocycles. The van der Waals surface area contributed by atoms with Crippen molar-refractivity contribution in [2.75, 3.05) is 6.61 Å². The van der Waals surface area contributed by atoms with Crippen LogP contribution < -0.4 is 5.32 Å². The van der Waals surface area contributed by atoms with E-state index in [-0.39, 0.29) is 6.61 Å². The Morgan fingerprint density at radius 2 is 2.07 bits per heavy atom. The summed E-state index contributed by atoms with van der Waals surface area (Å²) in [6.07, 6.45) is -0.805. The topological polar surface area (TPSA) is 75.7 Å². The van der Waals surface area contributed by atoms with Gasteiger partial charge in [0.05, 0.1) is 6.61 Å². The van der Waals surface area contributed by atoms with Crippen LogP contribution in [-0.2, 0) is 9.53 Å². The summed E-state index contributed by atoms with van der Waals surface area (Å²) in [6.45, 7) is 4.74. The minimum Gasteiger partial charge on any atom is -0.449 e. The Bertz CT molecular complexity index is 298. The van der Waals surface area contributed by atoms with Crippen LogP contribution in [0.3, 0.4) is 0 Å². The van der Waals surface area contributed by atoms with E-state index in [1.807, 2.05) is 5.32 Å². The van der Waals surface area contributed by atoms with Crippen molar-refractivity contribution in [2.24, 2.45) is 0 Å². The van der Waals surface area contributed by atoms with Crippen molar-refractivity contribution < 1.29 is 19.1 Å². The first-order valence-corrected chi connectivity index (χ1v) is 4.23. The molecule has 1 N–H and O–H groups in total. The highest BCUT2D eigenvalue weighted by Gasteiger charge is 2.50. The summed E-state index contributed by atoms with van der Waals surface area (Å²) >= 11 is 0. The third-order valence-corrected chi connectivity index (χ3v) is 1.99. The molecule has 1 rings (SSSR count). The Labute approximate surface area is 81.2 Å². The van der Waals surface area contributed by atoms with Gasteiger partial charge in [0.1, 0.15) is 5.54 Å². The van der Waals surface area contributed by atoms with E-state index in [2.05, 4.69) is 4.74 Å². The molecule has 1 fully saturated rings. The van der Waals surface area contributed by atoms with Gasteiger partial charge < -0.3 is 4.74 Å². The van der Waals surface area contributed by atoms with Crippen LogP contribution in [0.2, 0.25) is 0 Å². The Morgan fingerprint density at radius 3 is 2.43 bits per heavy atom. The van der Waals surface area contributed by atoms with Crippen LogP contribution in [0.15, 0.2) is 0 Å². The summed E-state index contributed by atoms with van der Waals surface area (Å²) in [4.78, 5) is 34.5. The average molecular weight is 200 g/mol. The molecule has 0 bridgehead atoms. The molecule has 14 heavy (non-hydrogen) atoms. The van der Waals surface area contributed by atoms with E-state index in [4.69, 9.17) is 0 Å². The van der Waals surface area contributed by atoms with E-state index in [1.54, 1.807) is 6.92 Å². The summed E-state index contributed by atoms with van der Waals surface area (Å²) in [6, 6.07) is -0.738. The Morgan fingerprint density at radius 1 is 1.50 bits per heavy atom. The molecule has 0 unspecified atom stereocenters. The minimum absolute atomic E-state index is 0.160. The number of nitrogens with one attached hydrogen (secondary N) is 1. The lowest BCUT2D eigenvalue weighted by molar-refractivity contribution is -0.124. The number of amides is 4. The summed E-state index contributed by atoms with van der Waals surface area (Å²) in [7, 11) is 0. The average Bonchev–Trinajstić information content (AvgIpc) is 2.22. The molecule has 1 aliphatic rings. The zero-order valence-corrected chi connectivity index (χ0v) is 8.29. The van der Waals surface area contributed by atoms with E-state index in [0.29, 0.717) is 0 Å². The van der Waals surface area contributed by atoms with Crippen molar-refractivity contribution in [3.63, 3.8) is 0 Å². The fourth-order valence-electron chi connectivity index (χ4n) is 1.16. The number of hydrogen-bond donors (Lipinski definition) is 1. The molecule has 4 amide bonds. The third-order valence-electron chi connectivity index (χ3n) is 1.99. The maximum atomic E-state index is 11.3. The van der Waals surface area contributed by atoms with Crippen molar-refractivity contribution in [1.82, 2.24) is 10.2 Å². The molecule has 0 aromatic rings. The summed E-state index contributed by atoms with van der Waals surface area (Å²) in [5.41, 5.74) is -1.18. The molecule has 78 valence electrons. The van der Waals surface area contributed by atoms with Gasteiger partial charge in [0, 0.05) is 0 Å². The highest BCUT2D eigenvalue weighted by Crippen LogP contribution is 2.21. The standard InChI is InChI=1S/C8H12N2O4/c1-4-14-7(13)10-6(12)9-5(11)8(10,2)3/h4H2,1-3H3,(H,9,11,12). The number of hydrogen-bond acceptors (Lipinski definition) is 4. The number of carbonyl (C=O) groups excluding carboxylic acids is 3. The third kappa shape index (κ3) is 1.43. The first-order valence-electron chi connectivity index (χ1n) is 4.23. The Kier molecular flexibility index (Phi) is 2.46. The van der Waals surface area contributed by atoms with Crippen molar-refractivity contribution in [2.45, 2.75) is 26.3 Å². The predicted octanol–water partition coefficient (Wildman–Crippen LogP) is 0.473. The van der Waals surface area contributed by atoms with Gasteiger partial charge in [-0.2, -0.15) is 0 Å². The maximum absolute atomic E-state index is 11.3. The van der Waals surface area contributed by atoms with Gasteiger partial charge in [-0.25, -0.2) is 14.5 Å². The van der Waals surface area contributed by atoms with E-state index in [0.717, 1.165) is 4.90 Å². The maximum Gasteiger partial charge on any atom is 0.418 e. The molecule has 1 heterocycles. The van der Waals surface area contributed by atoms with Crippen LogP contribution in [0.25, 0.3) is 0 Å². The molecule has 6 heteroatoms. The zero-order chi connectivity index (χ0) is 10.9. The molecule has 0 atom stereocenters. The molecule has 0 aromatic heterocycles. The number of carbonyl (C=O) groups is 3. The molecule has 1 saturated heterocycles. The molecule has 6 nitrogen and oxygen atoms in total. The van der Waals surface area contributed by atoms with E-state index in [9.17, 15) is 14.4 Å². The van der Waals surface area contributed by atoms with Crippen molar-refractivity contribution in [3.05, 3.63) is 0 Å². The number of urea groups is 1. The highest BCUT2D eigenvalue weighted by atomic mass is 16.6. The van der Waals surface area contributed by atoms with Gasteiger partial charge in [-0.3, -0.25) is 10.1 Å². The van der Waals surface area contributed by atoms with Gasteiger partial charge in [-0.1, -0.05) is 0 Å². The second-order valence-corrected chi connectivity index (χ2v) is 3.35. The molecular weight excluding hydrogens is 188 g/mol. The lowest BCUT2D eigenvalue weighted by atomic mass is 10.1. The number of rotatable bonds is 1. The molecular formula is C8H12N2O4. The summed E-state index contributed by atoms with van der Waals surface area (Å²) in [5.74, 6) is -0.504. The fourth-order valence-corrected chi connectivity index (χ4v) is 1.16. The summed E-state index contributed by atoms with van der Waals surface area (Å²) < 4.78 is 4.65. The first-order chi connectivity index (χ1) is 6.41. The highest BCUT2D eigenvalue weighted by molar-refractivity contribution is 6.12. The van der Waals surface area contributed by atoms with Gasteiger partial charge in [0.2, 0.25) is 0 Å². The molecule has 0 saturated carbocycles. The lowest BCUT2D eigenvalue weighted by Gasteiger charge is -2.24. The van der Waals surface area contributed by atoms with Crippen LogP contribution in [0, 0.1) is 0 Å². The molecule has 0 spiro atoms. The van der Waals surface area contributed by atoms with Crippen LogP contribution in [-0.4, -0.2) is 35.1 Å². The second-order valence-electron chi connectivity index (χ2n) is 3.35. The van der Waals surface area contributed by atoms with Gasteiger partial charge in [0.15, 0.2) is 0 Å². The van der Waals surface area contributed by atoms with Gasteiger partial charge >= 0.3 is 12.1 Å². The van der Waals surface area contributed by atoms with Crippen LogP contribution in [0.1, 0.15) is 20.8 Å². The van der Waals surface area contributed by atoms with E-state index < -0.39 is 23.6 Å². The van der Waals surface area contributed by atoms with Crippen LogP contribution >= 0.6 is 0 Å². The second kappa shape index (κ2) is 3.28. The zero-order valence-electron chi connectivity index (χ0n) is 8.29. The van der Waals surface area contributed by atoms with Crippen molar-refractivity contribution >= 4 is 18.0 Å². The van der Waals surface area contributed by atoms with E-state index in [1.165, 1.54) is 13.8 Å². The molecule has 0 radical (unpaired) electrons. The first kappa shape index (κ1) is 10.5.